The highest BCUT2D eigenvalue weighted by Gasteiger charge is 2.53. The molecule has 0 spiro atoms. The Hall–Kier alpha value is -0.480. The van der Waals surface area contributed by atoms with Crippen molar-refractivity contribution in [3.05, 3.63) is 0 Å². The minimum Gasteiger partial charge on any atom is -0.394 e. The summed E-state index contributed by atoms with van der Waals surface area (Å²) in [5, 5.41) is 48.6. The topological polar surface area (TPSA) is 139 Å². The van der Waals surface area contributed by atoms with Crippen molar-refractivity contribution in [3.63, 3.8) is 0 Å². The van der Waals surface area contributed by atoms with Gasteiger partial charge >= 0.3 is 0 Å². The molecule has 6 N–H and O–H groups in total. The van der Waals surface area contributed by atoms with E-state index in [0.29, 0.717) is 0 Å². The maximum absolute atomic E-state index is 10.8. The number of carbonyl (C=O) groups excluding carboxylic acids is 1. The molecule has 0 aromatic heterocycles. The molecule has 1 rings (SSSR count). The zero-order chi connectivity index (χ0) is 12.5. The van der Waals surface area contributed by atoms with Gasteiger partial charge in [-0.05, 0) is 0 Å². The van der Waals surface area contributed by atoms with Crippen LogP contribution >= 0.6 is 12.4 Å². The quantitative estimate of drug-likeness (QED) is 0.289. The molecule has 9 heteroatoms. The Bertz CT molecular complexity index is 277. The number of amides is 1. The van der Waals surface area contributed by atoms with E-state index in [1.165, 1.54) is 0 Å². The molecule has 0 radical (unpaired) electrons. The van der Waals surface area contributed by atoms with E-state index in [4.69, 9.17) is 9.84 Å². The molecule has 1 aliphatic rings. The zero-order valence-electron chi connectivity index (χ0n) is 8.98. The van der Waals surface area contributed by atoms with E-state index < -0.39 is 42.8 Å². The van der Waals surface area contributed by atoms with E-state index in [1.54, 1.807) is 0 Å². The van der Waals surface area contributed by atoms with Crippen LogP contribution in [0, 0.1) is 0 Å². The van der Waals surface area contributed by atoms with Gasteiger partial charge in [-0.25, -0.2) is 0 Å². The Labute approximate surface area is 103 Å². The lowest BCUT2D eigenvalue weighted by Crippen LogP contribution is -2.71. The van der Waals surface area contributed by atoms with Gasteiger partial charge in [0.2, 0.25) is 5.91 Å². The fraction of sp³-hybridized carbons (Fsp3) is 0.875. The van der Waals surface area contributed by atoms with Crippen LogP contribution in [0.4, 0.5) is 0 Å². The van der Waals surface area contributed by atoms with Crippen LogP contribution in [0.3, 0.4) is 0 Å². The molecule has 17 heavy (non-hydrogen) atoms. The second-order valence-electron chi connectivity index (χ2n) is 3.64. The summed E-state index contributed by atoms with van der Waals surface area (Å²) in [6, 6.07) is 0. The average molecular weight is 274 g/mol. The van der Waals surface area contributed by atoms with Crippen molar-refractivity contribution < 1.29 is 35.1 Å². The van der Waals surface area contributed by atoms with Gasteiger partial charge in [-0.3, -0.25) is 4.79 Å². The first-order valence-electron chi connectivity index (χ1n) is 4.66. The molecular weight excluding hydrogens is 258 g/mol. The summed E-state index contributed by atoms with van der Waals surface area (Å²) in [5.74, 6) is -3.24. The molecule has 1 amide bonds. The molecule has 1 heterocycles. The second-order valence-corrected chi connectivity index (χ2v) is 3.64. The third-order valence-electron chi connectivity index (χ3n) is 2.32. The summed E-state index contributed by atoms with van der Waals surface area (Å²) in [6.07, 6.45) is -6.54. The van der Waals surface area contributed by atoms with Crippen molar-refractivity contribution >= 4 is 18.3 Å². The summed E-state index contributed by atoms with van der Waals surface area (Å²) >= 11 is 0. The number of ether oxygens (including phenoxy) is 1. The minimum atomic E-state index is -2.53. The second kappa shape index (κ2) is 5.91. The maximum atomic E-state index is 10.8. The Morgan fingerprint density at radius 3 is 2.29 bits per heavy atom. The Morgan fingerprint density at radius 2 is 1.88 bits per heavy atom. The highest BCUT2D eigenvalue weighted by atomic mass is 35.5. The van der Waals surface area contributed by atoms with Crippen LogP contribution in [0.2, 0.25) is 0 Å². The van der Waals surface area contributed by atoms with Crippen molar-refractivity contribution in [3.8, 4) is 0 Å². The molecule has 1 saturated heterocycles. The first-order chi connectivity index (χ1) is 7.31. The first-order valence-corrected chi connectivity index (χ1v) is 4.66. The predicted octanol–water partition coefficient (Wildman–Crippen LogP) is -3.34. The van der Waals surface area contributed by atoms with Gasteiger partial charge in [0, 0.05) is 6.92 Å². The van der Waals surface area contributed by atoms with Crippen molar-refractivity contribution in [1.29, 1.82) is 0 Å². The van der Waals surface area contributed by atoms with Crippen molar-refractivity contribution in [2.45, 2.75) is 37.3 Å². The number of aliphatic hydroxyl groups is 5. The predicted molar refractivity (Wildman–Crippen MR) is 56.0 cm³/mol. The molecule has 0 aliphatic carbocycles. The molecule has 1 unspecified atom stereocenters. The number of halogens is 1. The van der Waals surface area contributed by atoms with E-state index in [9.17, 15) is 25.2 Å². The van der Waals surface area contributed by atoms with Gasteiger partial charge in [0.15, 0.2) is 6.10 Å². The van der Waals surface area contributed by atoms with Crippen molar-refractivity contribution in [2.75, 3.05) is 6.61 Å². The summed E-state index contributed by atoms with van der Waals surface area (Å²) in [5.41, 5.74) is 0. The molecule has 0 saturated carbocycles. The Balaban J connectivity index is 0.00000256. The van der Waals surface area contributed by atoms with E-state index in [0.717, 1.165) is 6.92 Å². The van der Waals surface area contributed by atoms with Gasteiger partial charge in [0.25, 0.3) is 5.91 Å². The average Bonchev–Trinajstić information content (AvgIpc) is 2.20. The summed E-state index contributed by atoms with van der Waals surface area (Å²) in [6.45, 7) is 0.381. The Kier molecular flexibility index (Phi) is 5.75. The summed E-state index contributed by atoms with van der Waals surface area (Å²) in [7, 11) is 0. The standard InChI is InChI=1S/C8H15NO7.ClH/c1-3(11)9-8(15)7(14)6(13)5(12)4(2-10)16-8;/h4-7,10,12-15H,2H2,1H3,(H,9,11);1H/t4-,5-,6+,7-,8?;/m1./s1. The monoisotopic (exact) mass is 273 g/mol. The lowest BCUT2D eigenvalue weighted by molar-refractivity contribution is -0.358. The van der Waals surface area contributed by atoms with Crippen LogP contribution in [0.5, 0.6) is 0 Å². The fourth-order valence-electron chi connectivity index (χ4n) is 1.51. The number of hydrogen-bond donors (Lipinski definition) is 6. The van der Waals surface area contributed by atoms with Gasteiger partial charge in [-0.2, -0.15) is 0 Å². The number of carbonyl (C=O) groups is 1. The van der Waals surface area contributed by atoms with Crippen LogP contribution in [-0.4, -0.2) is 68.4 Å². The largest absolute Gasteiger partial charge is 0.394 e. The highest BCUT2D eigenvalue weighted by molar-refractivity contribution is 5.85. The normalized spacial score (nSPS) is 41.5. The van der Waals surface area contributed by atoms with E-state index in [-0.39, 0.29) is 12.4 Å². The third kappa shape index (κ3) is 3.26. The molecule has 0 aromatic carbocycles. The summed E-state index contributed by atoms with van der Waals surface area (Å²) in [4.78, 5) is 10.8. The molecule has 1 aliphatic heterocycles. The molecule has 0 bridgehead atoms. The van der Waals surface area contributed by atoms with Crippen molar-refractivity contribution in [1.82, 2.24) is 5.32 Å². The lowest BCUT2D eigenvalue weighted by Gasteiger charge is -2.44. The number of hydrogen-bond acceptors (Lipinski definition) is 7. The summed E-state index contributed by atoms with van der Waals surface area (Å²) < 4.78 is 4.74. The zero-order valence-corrected chi connectivity index (χ0v) is 9.79. The highest BCUT2D eigenvalue weighted by Crippen LogP contribution is 2.26. The molecule has 0 aromatic rings. The SMILES string of the molecule is CC(=O)NC1(O)O[C@H](CO)[C@@H](O)[C@H](O)[C@H]1O.Cl. The smallest absolute Gasteiger partial charge is 0.279 e. The van der Waals surface area contributed by atoms with Crippen LogP contribution < -0.4 is 5.32 Å². The van der Waals surface area contributed by atoms with Gasteiger partial charge < -0.3 is 35.6 Å². The third-order valence-corrected chi connectivity index (χ3v) is 2.32. The van der Waals surface area contributed by atoms with Gasteiger partial charge in [0.1, 0.15) is 18.3 Å². The molecule has 8 nitrogen and oxygen atoms in total. The number of aliphatic hydroxyl groups excluding tert-OH is 4. The lowest BCUT2D eigenvalue weighted by atomic mass is 9.96. The van der Waals surface area contributed by atoms with Gasteiger partial charge in [0.05, 0.1) is 6.61 Å². The molecule has 102 valence electrons. The fourth-order valence-corrected chi connectivity index (χ4v) is 1.51. The van der Waals surface area contributed by atoms with E-state index >= 15 is 0 Å². The van der Waals surface area contributed by atoms with Gasteiger partial charge in [-0.15, -0.1) is 12.4 Å². The molecular formula is C8H16ClNO7. The molecule has 1 fully saturated rings. The van der Waals surface area contributed by atoms with Crippen LogP contribution in [0.1, 0.15) is 6.92 Å². The van der Waals surface area contributed by atoms with E-state index in [1.807, 2.05) is 5.32 Å². The van der Waals surface area contributed by atoms with Crippen molar-refractivity contribution in [2.24, 2.45) is 0 Å². The van der Waals surface area contributed by atoms with Crippen LogP contribution in [0.15, 0.2) is 0 Å². The number of rotatable bonds is 2. The number of nitrogens with one attached hydrogen (secondary N) is 1. The minimum absolute atomic E-state index is 0. The van der Waals surface area contributed by atoms with Crippen LogP contribution in [0.25, 0.3) is 0 Å². The van der Waals surface area contributed by atoms with Gasteiger partial charge in [-0.1, -0.05) is 0 Å². The van der Waals surface area contributed by atoms with Crippen LogP contribution in [-0.2, 0) is 9.53 Å². The first kappa shape index (κ1) is 16.5. The van der Waals surface area contributed by atoms with E-state index in [2.05, 4.69) is 0 Å². The maximum Gasteiger partial charge on any atom is 0.279 e. The Morgan fingerprint density at radius 1 is 1.35 bits per heavy atom. The molecule has 5 atom stereocenters.